The zero-order valence-electron chi connectivity index (χ0n) is 19.4. The molecule has 1 N–H and O–H groups in total. The molecule has 0 unspecified atom stereocenters. The zero-order chi connectivity index (χ0) is 24.1. The number of benzene rings is 3. The van der Waals surface area contributed by atoms with Crippen molar-refractivity contribution in [1.29, 1.82) is 0 Å². The fourth-order valence-electron chi connectivity index (χ4n) is 4.69. The molecule has 6 rings (SSSR count). The van der Waals surface area contributed by atoms with Crippen molar-refractivity contribution in [2.24, 2.45) is 0 Å². The Labute approximate surface area is 212 Å². The maximum absolute atomic E-state index is 6.68. The van der Waals surface area contributed by atoms with Crippen LogP contribution in [-0.4, -0.2) is 28.1 Å². The molecule has 0 amide bonds. The van der Waals surface area contributed by atoms with Gasteiger partial charge >= 0.3 is 0 Å². The largest absolute Gasteiger partial charge is 0.497 e. The van der Waals surface area contributed by atoms with E-state index in [9.17, 15) is 0 Å². The summed E-state index contributed by atoms with van der Waals surface area (Å²) in [5.41, 5.74) is 6.24. The van der Waals surface area contributed by atoms with E-state index in [2.05, 4.69) is 48.6 Å². The molecule has 0 fully saturated rings. The molecule has 2 aliphatic rings. The van der Waals surface area contributed by atoms with Crippen molar-refractivity contribution < 1.29 is 9.47 Å². The summed E-state index contributed by atoms with van der Waals surface area (Å²) in [6, 6.07) is 22.1. The van der Waals surface area contributed by atoms with Crippen molar-refractivity contribution in [3.63, 3.8) is 0 Å². The summed E-state index contributed by atoms with van der Waals surface area (Å²) in [7, 11) is 1.67. The number of aryl methyl sites for hydroxylation is 1. The van der Waals surface area contributed by atoms with Crippen LogP contribution >= 0.6 is 23.4 Å². The van der Waals surface area contributed by atoms with Crippen molar-refractivity contribution in [2.45, 2.75) is 24.2 Å². The Morgan fingerprint density at radius 1 is 1.03 bits per heavy atom. The number of thioether (sulfide) groups is 1. The van der Waals surface area contributed by atoms with Crippen LogP contribution in [0.25, 0.3) is 5.70 Å². The van der Waals surface area contributed by atoms with Crippen molar-refractivity contribution in [3.05, 3.63) is 99.6 Å². The van der Waals surface area contributed by atoms with Gasteiger partial charge in [-0.15, -0.1) is 5.10 Å². The third kappa shape index (κ3) is 3.75. The molecule has 1 aromatic heterocycles. The first-order chi connectivity index (χ1) is 17.1. The first kappa shape index (κ1) is 22.1. The second kappa shape index (κ2) is 8.66. The summed E-state index contributed by atoms with van der Waals surface area (Å²) in [5, 5.41) is 9.74. The molecule has 0 aliphatic carbocycles. The van der Waals surface area contributed by atoms with Gasteiger partial charge in [0.15, 0.2) is 0 Å². The van der Waals surface area contributed by atoms with Gasteiger partial charge < -0.3 is 14.8 Å². The molecule has 8 heteroatoms. The molecule has 6 nitrogen and oxygen atoms in total. The maximum atomic E-state index is 6.68. The van der Waals surface area contributed by atoms with Crippen LogP contribution in [0.1, 0.15) is 34.4 Å². The van der Waals surface area contributed by atoms with Crippen LogP contribution in [0, 0.1) is 6.92 Å². The molecule has 3 aromatic carbocycles. The monoisotopic (exact) mass is 502 g/mol. The number of nitrogens with one attached hydrogen (secondary N) is 1. The molecule has 0 bridgehead atoms. The van der Waals surface area contributed by atoms with Gasteiger partial charge in [-0.2, -0.15) is 4.98 Å². The highest BCUT2D eigenvalue weighted by molar-refractivity contribution is 7.98. The number of hydrogen-bond acceptors (Lipinski definition) is 6. The Balaban J connectivity index is 1.62. The topological polar surface area (TPSA) is 61.2 Å². The van der Waals surface area contributed by atoms with Gasteiger partial charge in [0, 0.05) is 16.2 Å². The summed E-state index contributed by atoms with van der Waals surface area (Å²) in [6.45, 7) is 2.08. The van der Waals surface area contributed by atoms with E-state index in [0.717, 1.165) is 39.5 Å². The van der Waals surface area contributed by atoms with Crippen LogP contribution in [0.15, 0.2) is 77.5 Å². The van der Waals surface area contributed by atoms with Crippen LogP contribution < -0.4 is 14.8 Å². The SMILES string of the molecule is COc1ccc([C@@H]2C3=C(Nc4nc(SC)nn42)c2cc(Cl)ccc2O[C@H]3c2ccc(C)cc2)cc1. The predicted molar refractivity (Wildman–Crippen MR) is 139 cm³/mol. The lowest BCUT2D eigenvalue weighted by atomic mass is 9.84. The number of aromatic nitrogens is 3. The molecular formula is C27H23ClN4O2S. The fourth-order valence-corrected chi connectivity index (χ4v) is 5.21. The van der Waals surface area contributed by atoms with Gasteiger partial charge in [-0.1, -0.05) is 65.3 Å². The fraction of sp³-hybridized carbons (Fsp3) is 0.185. The summed E-state index contributed by atoms with van der Waals surface area (Å²) >= 11 is 7.95. The molecule has 3 heterocycles. The van der Waals surface area contributed by atoms with Gasteiger partial charge in [0.05, 0.1) is 12.8 Å². The Hall–Kier alpha value is -3.42. The molecule has 35 heavy (non-hydrogen) atoms. The highest BCUT2D eigenvalue weighted by Gasteiger charge is 2.41. The maximum Gasteiger partial charge on any atom is 0.227 e. The first-order valence-electron chi connectivity index (χ1n) is 11.2. The summed E-state index contributed by atoms with van der Waals surface area (Å²) < 4.78 is 14.0. The Morgan fingerprint density at radius 2 is 1.77 bits per heavy atom. The van der Waals surface area contributed by atoms with E-state index in [1.165, 1.54) is 17.3 Å². The third-order valence-electron chi connectivity index (χ3n) is 6.41. The number of hydrogen-bond donors (Lipinski definition) is 1. The Bertz CT molecular complexity index is 1450. The molecule has 0 radical (unpaired) electrons. The smallest absolute Gasteiger partial charge is 0.227 e. The van der Waals surface area contributed by atoms with Gasteiger partial charge in [-0.3, -0.25) is 0 Å². The van der Waals surface area contributed by atoms with Crippen molar-refractivity contribution >= 4 is 35.0 Å². The van der Waals surface area contributed by atoms with E-state index >= 15 is 0 Å². The molecule has 0 spiro atoms. The first-order valence-corrected chi connectivity index (χ1v) is 12.8. The molecule has 4 aromatic rings. The normalized spacial score (nSPS) is 18.2. The molecular weight excluding hydrogens is 480 g/mol. The minimum Gasteiger partial charge on any atom is -0.497 e. The average Bonchev–Trinajstić information content (AvgIpc) is 3.31. The minimum absolute atomic E-state index is 0.237. The highest BCUT2D eigenvalue weighted by atomic mass is 35.5. The van der Waals surface area contributed by atoms with Crippen LogP contribution in [0.5, 0.6) is 11.5 Å². The van der Waals surface area contributed by atoms with Gasteiger partial charge in [0.25, 0.3) is 0 Å². The van der Waals surface area contributed by atoms with E-state index in [1.807, 2.05) is 41.3 Å². The molecule has 176 valence electrons. The van der Waals surface area contributed by atoms with Gasteiger partial charge in [0.1, 0.15) is 23.6 Å². The minimum atomic E-state index is -0.325. The standard InChI is InChI=1S/C27H23ClN4O2S/c1-15-4-6-17(7-5-15)25-22-23(20-14-18(28)10-13-21(20)34-25)29-26-30-27(35-3)31-32(26)24(22)16-8-11-19(33-2)12-9-16/h4-14,24-25H,1-3H3,(H,29,30,31)/t24-,25+/m1/s1. The lowest BCUT2D eigenvalue weighted by molar-refractivity contribution is 0.223. The van der Waals surface area contributed by atoms with Crippen LogP contribution in [0.4, 0.5) is 5.95 Å². The lowest BCUT2D eigenvalue weighted by Gasteiger charge is -2.39. The van der Waals surface area contributed by atoms with Crippen molar-refractivity contribution in [1.82, 2.24) is 14.8 Å². The second-order valence-electron chi connectivity index (χ2n) is 8.55. The number of methoxy groups -OCH3 is 1. The van der Waals surface area contributed by atoms with E-state index in [1.54, 1.807) is 7.11 Å². The molecule has 0 saturated heterocycles. The van der Waals surface area contributed by atoms with Crippen LogP contribution in [0.3, 0.4) is 0 Å². The van der Waals surface area contributed by atoms with Gasteiger partial charge in [0.2, 0.25) is 11.1 Å². The molecule has 2 atom stereocenters. The second-order valence-corrected chi connectivity index (χ2v) is 9.76. The zero-order valence-corrected chi connectivity index (χ0v) is 21.0. The van der Waals surface area contributed by atoms with Crippen LogP contribution in [-0.2, 0) is 0 Å². The summed E-state index contributed by atoms with van der Waals surface area (Å²) in [4.78, 5) is 4.75. The lowest BCUT2D eigenvalue weighted by Crippen LogP contribution is -2.32. The summed E-state index contributed by atoms with van der Waals surface area (Å²) in [6.07, 6.45) is 1.65. The van der Waals surface area contributed by atoms with Crippen molar-refractivity contribution in [3.8, 4) is 11.5 Å². The van der Waals surface area contributed by atoms with Crippen LogP contribution in [0.2, 0.25) is 5.02 Å². The van der Waals surface area contributed by atoms with Crippen molar-refractivity contribution in [2.75, 3.05) is 18.7 Å². The molecule has 2 aliphatic heterocycles. The van der Waals surface area contributed by atoms with E-state index in [4.69, 9.17) is 31.2 Å². The number of rotatable bonds is 4. The Morgan fingerprint density at radius 3 is 2.49 bits per heavy atom. The van der Waals surface area contributed by atoms with E-state index < -0.39 is 0 Å². The number of halogens is 1. The molecule has 0 saturated carbocycles. The predicted octanol–water partition coefficient (Wildman–Crippen LogP) is 6.53. The van der Waals surface area contributed by atoms with E-state index in [0.29, 0.717) is 16.1 Å². The number of nitrogens with zero attached hydrogens (tertiary/aromatic N) is 3. The average molecular weight is 503 g/mol. The summed E-state index contributed by atoms with van der Waals surface area (Å²) in [5.74, 6) is 2.26. The number of ether oxygens (including phenoxy) is 2. The quantitative estimate of drug-likeness (QED) is 0.320. The van der Waals surface area contributed by atoms with Gasteiger partial charge in [-0.25, -0.2) is 4.68 Å². The Kier molecular flexibility index (Phi) is 5.46. The van der Waals surface area contributed by atoms with E-state index in [-0.39, 0.29) is 12.1 Å². The third-order valence-corrected chi connectivity index (χ3v) is 7.18. The van der Waals surface area contributed by atoms with Gasteiger partial charge in [-0.05, 0) is 54.6 Å². The number of anilines is 1. The number of fused-ring (bicyclic) bond motifs is 3. The highest BCUT2D eigenvalue weighted by Crippen LogP contribution is 2.51.